The summed E-state index contributed by atoms with van der Waals surface area (Å²) in [4.78, 5) is 27.4. The highest BCUT2D eigenvalue weighted by Gasteiger charge is 2.54. The molecule has 2 heterocycles. The summed E-state index contributed by atoms with van der Waals surface area (Å²) in [6.45, 7) is 6.23. The van der Waals surface area contributed by atoms with Gasteiger partial charge in [0.25, 0.3) is 0 Å². The van der Waals surface area contributed by atoms with Crippen molar-refractivity contribution in [3.8, 4) is 5.69 Å². The Bertz CT molecular complexity index is 995. The molecule has 1 saturated heterocycles. The van der Waals surface area contributed by atoms with Gasteiger partial charge in [-0.1, -0.05) is 0 Å². The fourth-order valence-corrected chi connectivity index (χ4v) is 4.77. The highest BCUT2D eigenvalue weighted by molar-refractivity contribution is 5.80. The van der Waals surface area contributed by atoms with Crippen molar-refractivity contribution in [3.05, 3.63) is 47.5 Å². The van der Waals surface area contributed by atoms with Gasteiger partial charge in [-0.05, 0) is 75.8 Å². The molecule has 1 fully saturated rings. The van der Waals surface area contributed by atoms with E-state index in [2.05, 4.69) is 5.10 Å². The molecule has 0 saturated carbocycles. The molecule has 0 unspecified atom stereocenters. The van der Waals surface area contributed by atoms with E-state index >= 15 is 0 Å². The number of fused-ring (bicyclic) bond motifs is 2. The average molecular weight is 429 g/mol. The number of carbonyl (C=O) groups is 2. The number of benzene rings is 1. The molecule has 0 bridgehead atoms. The zero-order chi connectivity index (χ0) is 22.4. The number of esters is 1. The number of aromatic nitrogens is 2. The number of ether oxygens (including phenoxy) is 2. The Hall–Kier alpha value is -2.90. The summed E-state index contributed by atoms with van der Waals surface area (Å²) >= 11 is 0. The van der Waals surface area contributed by atoms with Gasteiger partial charge in [-0.2, -0.15) is 5.10 Å². The highest BCUT2D eigenvalue weighted by Crippen LogP contribution is 2.46. The first-order valence-corrected chi connectivity index (χ1v) is 10.5. The first kappa shape index (κ1) is 21.3. The molecular formula is C23H28FN3O4. The maximum Gasteiger partial charge on any atom is 0.410 e. The van der Waals surface area contributed by atoms with E-state index in [9.17, 15) is 14.0 Å². The maximum atomic E-state index is 13.3. The number of methoxy groups -OCH3 is 1. The number of piperidine rings is 1. The molecule has 31 heavy (non-hydrogen) atoms. The van der Waals surface area contributed by atoms with E-state index in [1.807, 2.05) is 25.5 Å². The largest absolute Gasteiger partial charge is 0.469 e. The molecule has 4 rings (SSSR count). The third-order valence-corrected chi connectivity index (χ3v) is 6.22. The van der Waals surface area contributed by atoms with Crippen LogP contribution in [0.25, 0.3) is 5.69 Å². The highest BCUT2D eigenvalue weighted by atomic mass is 19.1. The maximum absolute atomic E-state index is 13.3. The van der Waals surface area contributed by atoms with Crippen molar-refractivity contribution in [2.75, 3.05) is 20.2 Å². The van der Waals surface area contributed by atoms with Crippen LogP contribution in [0.2, 0.25) is 0 Å². The van der Waals surface area contributed by atoms with Crippen molar-refractivity contribution in [2.45, 2.75) is 45.6 Å². The van der Waals surface area contributed by atoms with Crippen LogP contribution in [-0.2, 0) is 27.1 Å². The Morgan fingerprint density at radius 2 is 1.94 bits per heavy atom. The minimum atomic E-state index is -0.840. The number of amides is 1. The van der Waals surface area contributed by atoms with Crippen LogP contribution in [0, 0.1) is 17.2 Å². The summed E-state index contributed by atoms with van der Waals surface area (Å²) in [6.07, 6.45) is 3.06. The Morgan fingerprint density at radius 3 is 2.58 bits per heavy atom. The molecule has 7 nitrogen and oxygen atoms in total. The summed E-state index contributed by atoms with van der Waals surface area (Å²) in [7, 11) is 1.39. The van der Waals surface area contributed by atoms with Crippen molar-refractivity contribution in [2.24, 2.45) is 11.3 Å². The molecule has 1 aromatic heterocycles. The first-order valence-electron chi connectivity index (χ1n) is 10.5. The van der Waals surface area contributed by atoms with Crippen LogP contribution >= 0.6 is 0 Å². The minimum absolute atomic E-state index is 0.00188. The van der Waals surface area contributed by atoms with Crippen molar-refractivity contribution in [1.82, 2.24) is 14.7 Å². The summed E-state index contributed by atoms with van der Waals surface area (Å²) in [5, 5.41) is 4.51. The predicted octanol–water partition coefficient (Wildman–Crippen LogP) is 3.53. The van der Waals surface area contributed by atoms with E-state index in [0.29, 0.717) is 25.8 Å². The lowest BCUT2D eigenvalue weighted by Gasteiger charge is -2.48. The Kier molecular flexibility index (Phi) is 5.27. The van der Waals surface area contributed by atoms with Crippen LogP contribution in [0.5, 0.6) is 0 Å². The standard InChI is InChI=1S/C23H28FN3O4/c1-22(2,3)31-21(29)26-10-9-16-11-19-15(12-23(16,14-26)20(28)30-4)13-25-27(19)18-7-5-17(24)6-8-18/h5-8,13,16H,9-12,14H2,1-4H3/t16-,23-/m0/s1. The molecule has 2 aromatic rings. The summed E-state index contributed by atoms with van der Waals surface area (Å²) in [5.41, 5.74) is 1.29. The van der Waals surface area contributed by atoms with Crippen LogP contribution < -0.4 is 0 Å². The van der Waals surface area contributed by atoms with Gasteiger partial charge in [-0.15, -0.1) is 0 Å². The SMILES string of the molecule is COC(=O)[C@]12Cc3cnn(-c4ccc(F)cc4)c3C[C@@H]1CCN(C(=O)OC(C)(C)C)C2. The molecule has 166 valence electrons. The normalized spacial score (nSPS) is 23.0. The van der Waals surface area contributed by atoms with Gasteiger partial charge < -0.3 is 14.4 Å². The number of nitrogens with zero attached hydrogens (tertiary/aromatic N) is 3. The summed E-state index contributed by atoms with van der Waals surface area (Å²) in [5.74, 6) is -0.614. The van der Waals surface area contributed by atoms with Crippen LogP contribution in [0.4, 0.5) is 9.18 Å². The molecule has 8 heteroatoms. The zero-order valence-electron chi connectivity index (χ0n) is 18.4. The molecule has 1 amide bonds. The Balaban J connectivity index is 1.66. The Morgan fingerprint density at radius 1 is 1.23 bits per heavy atom. The number of carbonyl (C=O) groups excluding carboxylic acids is 2. The smallest absolute Gasteiger partial charge is 0.410 e. The lowest BCUT2D eigenvalue weighted by molar-refractivity contribution is -0.161. The first-order chi connectivity index (χ1) is 14.6. The predicted molar refractivity (Wildman–Crippen MR) is 111 cm³/mol. The van der Waals surface area contributed by atoms with Gasteiger partial charge in [0.1, 0.15) is 11.4 Å². The van der Waals surface area contributed by atoms with Crippen molar-refractivity contribution in [3.63, 3.8) is 0 Å². The van der Waals surface area contributed by atoms with E-state index < -0.39 is 17.1 Å². The van der Waals surface area contributed by atoms with Crippen LogP contribution in [0.3, 0.4) is 0 Å². The molecule has 2 aliphatic rings. The molecule has 2 atom stereocenters. The topological polar surface area (TPSA) is 73.7 Å². The van der Waals surface area contributed by atoms with E-state index in [4.69, 9.17) is 9.47 Å². The number of halogens is 1. The molecule has 0 spiro atoms. The fourth-order valence-electron chi connectivity index (χ4n) is 4.77. The van der Waals surface area contributed by atoms with Crippen LogP contribution in [0.1, 0.15) is 38.4 Å². The van der Waals surface area contributed by atoms with Crippen molar-refractivity contribution in [1.29, 1.82) is 0 Å². The number of hydrogen-bond acceptors (Lipinski definition) is 5. The van der Waals surface area contributed by atoms with E-state index in [0.717, 1.165) is 16.9 Å². The Labute approximate surface area is 181 Å². The number of hydrogen-bond donors (Lipinski definition) is 0. The van der Waals surface area contributed by atoms with Gasteiger partial charge >= 0.3 is 12.1 Å². The second kappa shape index (κ2) is 7.66. The van der Waals surface area contributed by atoms with E-state index in [1.165, 1.54) is 19.2 Å². The lowest BCUT2D eigenvalue weighted by atomic mass is 9.62. The molecule has 1 aliphatic carbocycles. The van der Waals surface area contributed by atoms with E-state index in [-0.39, 0.29) is 24.2 Å². The summed E-state index contributed by atoms with van der Waals surface area (Å²) in [6, 6.07) is 6.19. The third-order valence-electron chi connectivity index (χ3n) is 6.22. The van der Waals surface area contributed by atoms with Crippen molar-refractivity contribution < 1.29 is 23.5 Å². The minimum Gasteiger partial charge on any atom is -0.469 e. The van der Waals surface area contributed by atoms with Gasteiger partial charge in [-0.25, -0.2) is 13.9 Å². The monoisotopic (exact) mass is 429 g/mol. The van der Waals surface area contributed by atoms with Gasteiger partial charge in [0.15, 0.2) is 0 Å². The lowest BCUT2D eigenvalue weighted by Crippen LogP contribution is -2.58. The second-order valence-electron chi connectivity index (χ2n) is 9.42. The number of rotatable bonds is 2. The average Bonchev–Trinajstić information content (AvgIpc) is 3.12. The third kappa shape index (κ3) is 3.91. The number of likely N-dealkylation sites (tertiary alicyclic amines) is 1. The van der Waals surface area contributed by atoms with Gasteiger partial charge in [-0.3, -0.25) is 4.79 Å². The van der Waals surface area contributed by atoms with Crippen LogP contribution in [0.15, 0.2) is 30.5 Å². The van der Waals surface area contributed by atoms with Crippen LogP contribution in [-0.4, -0.2) is 52.5 Å². The summed E-state index contributed by atoms with van der Waals surface area (Å²) < 4.78 is 25.9. The molecule has 0 radical (unpaired) electrons. The zero-order valence-corrected chi connectivity index (χ0v) is 18.4. The molecule has 1 aromatic carbocycles. The second-order valence-corrected chi connectivity index (χ2v) is 9.42. The van der Waals surface area contributed by atoms with Gasteiger partial charge in [0.2, 0.25) is 0 Å². The molecule has 0 N–H and O–H groups in total. The molecular weight excluding hydrogens is 401 g/mol. The van der Waals surface area contributed by atoms with E-state index in [1.54, 1.807) is 23.2 Å². The van der Waals surface area contributed by atoms with Crippen molar-refractivity contribution >= 4 is 12.1 Å². The van der Waals surface area contributed by atoms with Gasteiger partial charge in [0.05, 0.1) is 24.4 Å². The fraction of sp³-hybridized carbons (Fsp3) is 0.522. The van der Waals surface area contributed by atoms with Gasteiger partial charge in [0, 0.05) is 18.8 Å². The quantitative estimate of drug-likeness (QED) is 0.683. The molecule has 1 aliphatic heterocycles.